The van der Waals surface area contributed by atoms with Gasteiger partial charge in [-0.25, -0.2) is 4.79 Å². The predicted molar refractivity (Wildman–Crippen MR) is 78.5 cm³/mol. The van der Waals surface area contributed by atoms with Crippen molar-refractivity contribution in [2.75, 3.05) is 10.6 Å². The van der Waals surface area contributed by atoms with E-state index in [-0.39, 0.29) is 5.91 Å². The van der Waals surface area contributed by atoms with Crippen LogP contribution < -0.4 is 16.4 Å². The van der Waals surface area contributed by atoms with Gasteiger partial charge in [-0.15, -0.1) is 0 Å². The molecule has 0 atom stereocenters. The van der Waals surface area contributed by atoms with Crippen LogP contribution in [-0.4, -0.2) is 16.9 Å². The first-order chi connectivity index (χ1) is 9.61. The Bertz CT molecular complexity index is 647. The molecule has 0 saturated carbocycles. The number of urea groups is 1. The number of carbonyl (C=O) groups excluding carboxylic acids is 2. The molecule has 0 unspecified atom stereocenters. The maximum Gasteiger partial charge on any atom is 0.316 e. The summed E-state index contributed by atoms with van der Waals surface area (Å²) < 4.78 is 0. The molecule has 0 aliphatic heterocycles. The number of nitrogens with one attached hydrogen (secondary N) is 3. The molecule has 0 aliphatic carbocycles. The van der Waals surface area contributed by atoms with Crippen molar-refractivity contribution < 1.29 is 9.59 Å². The zero-order valence-corrected chi connectivity index (χ0v) is 10.6. The van der Waals surface area contributed by atoms with Crippen molar-refractivity contribution in [2.45, 2.75) is 0 Å². The maximum atomic E-state index is 12.0. The second-order valence-electron chi connectivity index (χ2n) is 4.01. The fourth-order valence-electron chi connectivity index (χ4n) is 1.80. The number of H-pyrrole nitrogens is 1. The van der Waals surface area contributed by atoms with Gasteiger partial charge in [0.15, 0.2) is 0 Å². The van der Waals surface area contributed by atoms with Crippen LogP contribution in [0.25, 0.3) is 6.08 Å². The Kier molecular flexibility index (Phi) is 3.85. The van der Waals surface area contributed by atoms with Crippen LogP contribution in [0.5, 0.6) is 0 Å². The van der Waals surface area contributed by atoms with Gasteiger partial charge in [0, 0.05) is 18.0 Å². The molecule has 20 heavy (non-hydrogen) atoms. The Hall–Kier alpha value is -3.02. The minimum absolute atomic E-state index is 0.259. The van der Waals surface area contributed by atoms with E-state index in [9.17, 15) is 9.59 Å². The number of amides is 3. The maximum absolute atomic E-state index is 12.0. The fraction of sp³-hybridized carbons (Fsp3) is 0. The van der Waals surface area contributed by atoms with E-state index < -0.39 is 6.03 Å². The number of carbonyl (C=O) groups is 2. The molecule has 1 aromatic carbocycles. The van der Waals surface area contributed by atoms with Gasteiger partial charge in [-0.05, 0) is 18.2 Å². The second-order valence-corrected chi connectivity index (χ2v) is 4.01. The Morgan fingerprint density at radius 3 is 2.45 bits per heavy atom. The zero-order valence-electron chi connectivity index (χ0n) is 10.6. The van der Waals surface area contributed by atoms with Crippen LogP contribution in [0.15, 0.2) is 43.2 Å². The molecular formula is C14H14N4O2. The number of nitrogens with two attached hydrogens (primary N) is 1. The van der Waals surface area contributed by atoms with Crippen LogP contribution >= 0.6 is 0 Å². The van der Waals surface area contributed by atoms with Gasteiger partial charge in [0.2, 0.25) is 0 Å². The van der Waals surface area contributed by atoms with Crippen molar-refractivity contribution >= 4 is 29.4 Å². The van der Waals surface area contributed by atoms with Crippen molar-refractivity contribution in [1.82, 2.24) is 4.98 Å². The van der Waals surface area contributed by atoms with Crippen LogP contribution in [0.3, 0.4) is 0 Å². The monoisotopic (exact) mass is 270 g/mol. The molecule has 0 radical (unpaired) electrons. The van der Waals surface area contributed by atoms with Gasteiger partial charge in [-0.3, -0.25) is 4.79 Å². The summed E-state index contributed by atoms with van der Waals surface area (Å²) in [7, 11) is 0. The second kappa shape index (κ2) is 5.75. The number of primary amides is 1. The predicted octanol–water partition coefficient (Wildman–Crippen LogP) is 2.40. The summed E-state index contributed by atoms with van der Waals surface area (Å²) in [5, 5.41) is 5.24. The Morgan fingerprint density at radius 1 is 1.20 bits per heavy atom. The Balaban J connectivity index is 2.29. The molecule has 1 heterocycles. The number of hydrogen-bond acceptors (Lipinski definition) is 2. The molecule has 0 spiro atoms. The van der Waals surface area contributed by atoms with E-state index in [0.29, 0.717) is 22.5 Å². The van der Waals surface area contributed by atoms with Crippen LogP contribution in [0, 0.1) is 0 Å². The molecular weight excluding hydrogens is 256 g/mol. The largest absolute Gasteiger partial charge is 0.367 e. The number of benzene rings is 1. The fourth-order valence-corrected chi connectivity index (χ4v) is 1.80. The van der Waals surface area contributed by atoms with Crippen molar-refractivity contribution in [3.63, 3.8) is 0 Å². The van der Waals surface area contributed by atoms with Crippen LogP contribution in [0.1, 0.15) is 15.9 Å². The number of anilines is 2. The highest BCUT2D eigenvalue weighted by molar-refractivity contribution is 6.06. The molecule has 0 bridgehead atoms. The molecule has 6 heteroatoms. The summed E-state index contributed by atoms with van der Waals surface area (Å²) in [6.45, 7) is 3.68. The highest BCUT2D eigenvalue weighted by Crippen LogP contribution is 2.26. The lowest BCUT2D eigenvalue weighted by atomic mass is 10.1. The van der Waals surface area contributed by atoms with E-state index in [4.69, 9.17) is 5.73 Å². The van der Waals surface area contributed by atoms with E-state index in [1.165, 1.54) is 6.08 Å². The summed E-state index contributed by atoms with van der Waals surface area (Å²) in [5.74, 6) is -0.259. The summed E-state index contributed by atoms with van der Waals surface area (Å²) in [5.41, 5.74) is 7.23. The number of aromatic nitrogens is 1. The number of hydrogen-bond donors (Lipinski definition) is 4. The molecule has 6 nitrogen and oxygen atoms in total. The van der Waals surface area contributed by atoms with Gasteiger partial charge >= 0.3 is 6.03 Å². The van der Waals surface area contributed by atoms with Gasteiger partial charge in [0.05, 0.1) is 16.9 Å². The lowest BCUT2D eigenvalue weighted by Crippen LogP contribution is -2.20. The third kappa shape index (κ3) is 2.86. The minimum atomic E-state index is -0.679. The first-order valence-corrected chi connectivity index (χ1v) is 5.88. The molecule has 0 aliphatic rings. The van der Waals surface area contributed by atoms with Crippen molar-refractivity contribution in [1.29, 1.82) is 0 Å². The quantitative estimate of drug-likeness (QED) is 0.685. The van der Waals surface area contributed by atoms with Crippen molar-refractivity contribution in [2.24, 2.45) is 5.73 Å². The van der Waals surface area contributed by atoms with E-state index in [2.05, 4.69) is 22.2 Å². The summed E-state index contributed by atoms with van der Waals surface area (Å²) >= 11 is 0. The first-order valence-electron chi connectivity index (χ1n) is 5.88. The number of aromatic amines is 1. The summed E-state index contributed by atoms with van der Waals surface area (Å²) in [6.07, 6.45) is 4.79. The molecule has 102 valence electrons. The standard InChI is InChI=1S/C14H14N4O2/c1-2-10-11(4-3-5-12(10)18-14(15)20)17-13(19)9-6-7-16-8-9/h2-8,16H,1H2,(H,17,19)(H3,15,18,20). The van der Waals surface area contributed by atoms with Crippen molar-refractivity contribution in [3.05, 3.63) is 54.4 Å². The highest BCUT2D eigenvalue weighted by Gasteiger charge is 2.11. The third-order valence-corrected chi connectivity index (χ3v) is 2.68. The number of rotatable bonds is 4. The van der Waals surface area contributed by atoms with E-state index in [1.807, 2.05) is 0 Å². The SMILES string of the molecule is C=Cc1c(NC(N)=O)cccc1NC(=O)c1cc[nH]c1. The van der Waals surface area contributed by atoms with Crippen LogP contribution in [0.2, 0.25) is 0 Å². The van der Waals surface area contributed by atoms with E-state index >= 15 is 0 Å². The smallest absolute Gasteiger partial charge is 0.316 e. The van der Waals surface area contributed by atoms with E-state index in [1.54, 1.807) is 36.7 Å². The van der Waals surface area contributed by atoms with Gasteiger partial charge < -0.3 is 21.4 Å². The Labute approximate surface area is 115 Å². The molecule has 2 rings (SSSR count). The van der Waals surface area contributed by atoms with Crippen LogP contribution in [0.4, 0.5) is 16.2 Å². The van der Waals surface area contributed by atoms with Crippen molar-refractivity contribution in [3.8, 4) is 0 Å². The van der Waals surface area contributed by atoms with E-state index in [0.717, 1.165) is 0 Å². The minimum Gasteiger partial charge on any atom is -0.367 e. The highest BCUT2D eigenvalue weighted by atomic mass is 16.2. The summed E-state index contributed by atoms with van der Waals surface area (Å²) in [6, 6.07) is 6.07. The normalized spacial score (nSPS) is 9.80. The van der Waals surface area contributed by atoms with Gasteiger partial charge in [0.1, 0.15) is 0 Å². The van der Waals surface area contributed by atoms with Crippen LogP contribution in [-0.2, 0) is 0 Å². The zero-order chi connectivity index (χ0) is 14.5. The molecule has 3 amide bonds. The molecule has 2 aromatic rings. The lowest BCUT2D eigenvalue weighted by molar-refractivity contribution is 0.102. The Morgan fingerprint density at radius 2 is 1.90 bits per heavy atom. The molecule has 1 aromatic heterocycles. The van der Waals surface area contributed by atoms with Gasteiger partial charge in [-0.2, -0.15) is 0 Å². The average molecular weight is 270 g/mol. The average Bonchev–Trinajstić information content (AvgIpc) is 2.92. The topological polar surface area (TPSA) is 100 Å². The first kappa shape index (κ1) is 13.4. The molecule has 5 N–H and O–H groups in total. The van der Waals surface area contributed by atoms with Gasteiger partial charge in [-0.1, -0.05) is 18.7 Å². The lowest BCUT2D eigenvalue weighted by Gasteiger charge is -2.12. The third-order valence-electron chi connectivity index (χ3n) is 2.68. The summed E-state index contributed by atoms with van der Waals surface area (Å²) in [4.78, 5) is 25.7. The van der Waals surface area contributed by atoms with Gasteiger partial charge in [0.25, 0.3) is 5.91 Å². The molecule has 0 fully saturated rings. The molecule has 0 saturated heterocycles.